The molecule has 0 atom stereocenters. The number of rotatable bonds is 6. The normalized spacial score (nSPS) is 19.4. The van der Waals surface area contributed by atoms with Crippen molar-refractivity contribution >= 4 is 6.03 Å². The van der Waals surface area contributed by atoms with Crippen molar-refractivity contribution in [3.63, 3.8) is 0 Å². The number of hydrogen-bond acceptors (Lipinski definition) is 4. The molecule has 0 bridgehead atoms. The third kappa shape index (κ3) is 5.37. The molecule has 1 fully saturated rings. The molecule has 1 aromatic carbocycles. The molecule has 1 heterocycles. The first-order valence-electron chi connectivity index (χ1n) is 8.98. The molecule has 1 aliphatic carbocycles. The zero-order valence-corrected chi connectivity index (χ0v) is 15.0. The van der Waals surface area contributed by atoms with Crippen LogP contribution in [0.3, 0.4) is 0 Å². The summed E-state index contributed by atoms with van der Waals surface area (Å²) in [6.45, 7) is 0.494. The van der Waals surface area contributed by atoms with E-state index in [4.69, 9.17) is 9.47 Å². The number of aromatic nitrogens is 1. The largest absolute Gasteiger partial charge is 0.497 e. The highest BCUT2D eigenvalue weighted by Gasteiger charge is 2.23. The molecule has 6 heteroatoms. The zero-order chi connectivity index (χ0) is 18.2. The van der Waals surface area contributed by atoms with Crippen molar-refractivity contribution in [3.05, 3.63) is 54.2 Å². The van der Waals surface area contributed by atoms with Crippen LogP contribution >= 0.6 is 0 Å². The number of methoxy groups -OCH3 is 1. The highest BCUT2D eigenvalue weighted by Crippen LogP contribution is 2.22. The fourth-order valence-corrected chi connectivity index (χ4v) is 3.07. The van der Waals surface area contributed by atoms with Gasteiger partial charge in [-0.2, -0.15) is 0 Å². The number of urea groups is 1. The van der Waals surface area contributed by atoms with Gasteiger partial charge in [0.2, 0.25) is 5.88 Å². The van der Waals surface area contributed by atoms with Crippen LogP contribution in [-0.2, 0) is 6.54 Å². The molecule has 2 aromatic rings. The Morgan fingerprint density at radius 2 is 1.88 bits per heavy atom. The van der Waals surface area contributed by atoms with E-state index in [0.29, 0.717) is 12.4 Å². The standard InChI is InChI=1S/C20H25N3O3/c1-25-17-9-5-15(6-10-17)14-22-20(24)23-16-7-11-18(12-8-16)26-19-4-2-3-13-21-19/h2-6,9-10,13,16,18H,7-8,11-12,14H2,1H3,(H2,22,23,24). The summed E-state index contributed by atoms with van der Waals surface area (Å²) in [5, 5.41) is 5.95. The predicted molar refractivity (Wildman–Crippen MR) is 99.3 cm³/mol. The van der Waals surface area contributed by atoms with E-state index in [1.807, 2.05) is 42.5 Å². The number of carbonyl (C=O) groups is 1. The predicted octanol–water partition coefficient (Wildman–Crippen LogP) is 3.28. The molecule has 0 radical (unpaired) electrons. The molecule has 26 heavy (non-hydrogen) atoms. The Morgan fingerprint density at radius 1 is 1.12 bits per heavy atom. The van der Waals surface area contributed by atoms with Gasteiger partial charge in [0.05, 0.1) is 7.11 Å². The lowest BCUT2D eigenvalue weighted by molar-refractivity contribution is 0.135. The van der Waals surface area contributed by atoms with Crippen LogP contribution in [0.4, 0.5) is 4.79 Å². The Bertz CT molecular complexity index is 683. The van der Waals surface area contributed by atoms with Crippen LogP contribution in [-0.4, -0.2) is 30.3 Å². The number of hydrogen-bond donors (Lipinski definition) is 2. The van der Waals surface area contributed by atoms with Crippen molar-refractivity contribution in [2.75, 3.05) is 7.11 Å². The molecule has 6 nitrogen and oxygen atoms in total. The summed E-state index contributed by atoms with van der Waals surface area (Å²) in [7, 11) is 1.64. The maximum Gasteiger partial charge on any atom is 0.315 e. The Morgan fingerprint density at radius 3 is 2.54 bits per heavy atom. The van der Waals surface area contributed by atoms with Gasteiger partial charge in [-0.25, -0.2) is 9.78 Å². The average Bonchev–Trinajstić information content (AvgIpc) is 2.69. The van der Waals surface area contributed by atoms with Crippen LogP contribution < -0.4 is 20.1 Å². The molecule has 3 rings (SSSR count). The van der Waals surface area contributed by atoms with Crippen molar-refractivity contribution < 1.29 is 14.3 Å². The molecular formula is C20H25N3O3. The molecule has 0 spiro atoms. The molecule has 0 aliphatic heterocycles. The number of carbonyl (C=O) groups excluding carboxylic acids is 1. The van der Waals surface area contributed by atoms with Crippen LogP contribution in [0.5, 0.6) is 11.6 Å². The zero-order valence-electron chi connectivity index (χ0n) is 15.0. The summed E-state index contributed by atoms with van der Waals surface area (Å²) >= 11 is 0. The third-order valence-corrected chi connectivity index (χ3v) is 4.55. The summed E-state index contributed by atoms with van der Waals surface area (Å²) in [6, 6.07) is 13.4. The van der Waals surface area contributed by atoms with Crippen molar-refractivity contribution in [2.45, 2.75) is 44.4 Å². The minimum Gasteiger partial charge on any atom is -0.497 e. The van der Waals surface area contributed by atoms with E-state index in [1.54, 1.807) is 13.3 Å². The number of amides is 2. The first-order valence-corrected chi connectivity index (χ1v) is 8.98. The van der Waals surface area contributed by atoms with Gasteiger partial charge >= 0.3 is 6.03 Å². The molecule has 1 aliphatic rings. The average molecular weight is 355 g/mol. The molecule has 2 N–H and O–H groups in total. The smallest absolute Gasteiger partial charge is 0.315 e. The minimum absolute atomic E-state index is 0.130. The van der Waals surface area contributed by atoms with Crippen molar-refractivity contribution in [1.29, 1.82) is 0 Å². The van der Waals surface area contributed by atoms with E-state index in [-0.39, 0.29) is 18.2 Å². The third-order valence-electron chi connectivity index (χ3n) is 4.55. The Hall–Kier alpha value is -2.76. The topological polar surface area (TPSA) is 72.5 Å². The molecule has 1 aromatic heterocycles. The number of benzene rings is 1. The molecular weight excluding hydrogens is 330 g/mol. The Labute approximate surface area is 153 Å². The van der Waals surface area contributed by atoms with Crippen LogP contribution in [0, 0.1) is 0 Å². The highest BCUT2D eigenvalue weighted by molar-refractivity contribution is 5.74. The summed E-state index contributed by atoms with van der Waals surface area (Å²) in [4.78, 5) is 16.3. The van der Waals surface area contributed by atoms with Gasteiger partial charge in [0, 0.05) is 24.8 Å². The quantitative estimate of drug-likeness (QED) is 0.834. The second-order valence-corrected chi connectivity index (χ2v) is 6.43. The lowest BCUT2D eigenvalue weighted by Gasteiger charge is -2.29. The Kier molecular flexibility index (Phi) is 6.30. The van der Waals surface area contributed by atoms with E-state index >= 15 is 0 Å². The van der Waals surface area contributed by atoms with Gasteiger partial charge in [-0.1, -0.05) is 18.2 Å². The van der Waals surface area contributed by atoms with Crippen LogP contribution in [0.2, 0.25) is 0 Å². The van der Waals surface area contributed by atoms with Crippen LogP contribution in [0.15, 0.2) is 48.7 Å². The van der Waals surface area contributed by atoms with E-state index in [9.17, 15) is 4.79 Å². The summed E-state index contributed by atoms with van der Waals surface area (Å²) in [6.07, 6.45) is 5.56. The number of nitrogens with one attached hydrogen (secondary N) is 2. The lowest BCUT2D eigenvalue weighted by atomic mass is 9.93. The molecule has 1 saturated carbocycles. The summed E-state index contributed by atoms with van der Waals surface area (Å²) in [5.41, 5.74) is 1.04. The van der Waals surface area contributed by atoms with Crippen molar-refractivity contribution in [3.8, 4) is 11.6 Å². The van der Waals surface area contributed by atoms with E-state index in [2.05, 4.69) is 15.6 Å². The molecule has 2 amide bonds. The lowest BCUT2D eigenvalue weighted by Crippen LogP contribution is -2.44. The molecule has 138 valence electrons. The maximum absolute atomic E-state index is 12.1. The van der Waals surface area contributed by atoms with Gasteiger partial charge in [-0.15, -0.1) is 0 Å². The van der Waals surface area contributed by atoms with Gasteiger partial charge in [0.25, 0.3) is 0 Å². The van der Waals surface area contributed by atoms with Gasteiger partial charge in [0.15, 0.2) is 0 Å². The van der Waals surface area contributed by atoms with Gasteiger partial charge in [-0.05, 0) is 49.4 Å². The van der Waals surface area contributed by atoms with Crippen LogP contribution in [0.1, 0.15) is 31.2 Å². The number of pyridine rings is 1. The number of nitrogens with zero attached hydrogens (tertiary/aromatic N) is 1. The van der Waals surface area contributed by atoms with Gasteiger partial charge in [-0.3, -0.25) is 0 Å². The molecule has 0 saturated heterocycles. The molecule has 0 unspecified atom stereocenters. The highest BCUT2D eigenvalue weighted by atomic mass is 16.5. The van der Waals surface area contributed by atoms with E-state index in [0.717, 1.165) is 37.0 Å². The summed E-state index contributed by atoms with van der Waals surface area (Å²) in [5.74, 6) is 1.48. The first-order chi connectivity index (χ1) is 12.7. The second-order valence-electron chi connectivity index (χ2n) is 6.43. The van der Waals surface area contributed by atoms with Gasteiger partial charge < -0.3 is 20.1 Å². The fourth-order valence-electron chi connectivity index (χ4n) is 3.07. The van der Waals surface area contributed by atoms with E-state index < -0.39 is 0 Å². The minimum atomic E-state index is -0.130. The monoisotopic (exact) mass is 355 g/mol. The SMILES string of the molecule is COc1ccc(CNC(=O)NC2CCC(Oc3ccccn3)CC2)cc1. The van der Waals surface area contributed by atoms with Crippen molar-refractivity contribution in [2.24, 2.45) is 0 Å². The van der Waals surface area contributed by atoms with Gasteiger partial charge in [0.1, 0.15) is 11.9 Å². The van der Waals surface area contributed by atoms with Crippen molar-refractivity contribution in [1.82, 2.24) is 15.6 Å². The van der Waals surface area contributed by atoms with E-state index in [1.165, 1.54) is 0 Å². The number of ether oxygens (including phenoxy) is 2. The second kappa shape index (κ2) is 9.08. The maximum atomic E-state index is 12.1. The van der Waals surface area contributed by atoms with Crippen LogP contribution in [0.25, 0.3) is 0 Å². The fraction of sp³-hybridized carbons (Fsp3) is 0.400. The Balaban J connectivity index is 1.36. The first kappa shape index (κ1) is 18.0. The summed E-state index contributed by atoms with van der Waals surface area (Å²) < 4.78 is 11.0.